The van der Waals surface area contributed by atoms with Crippen molar-refractivity contribution in [2.75, 3.05) is 0 Å². The highest BCUT2D eigenvalue weighted by molar-refractivity contribution is 5.04. The zero-order valence-electron chi connectivity index (χ0n) is 8.85. The van der Waals surface area contributed by atoms with Gasteiger partial charge in [0.05, 0.1) is 5.60 Å². The standard InChI is InChI=1S/C11H22O/c1-5-6-9(2)11(4,12)10(3)7-8-10/h9,12H,5-8H2,1-4H3. The van der Waals surface area contributed by atoms with E-state index in [9.17, 15) is 5.11 Å². The summed E-state index contributed by atoms with van der Waals surface area (Å²) in [5, 5.41) is 10.3. The van der Waals surface area contributed by atoms with Gasteiger partial charge >= 0.3 is 0 Å². The SMILES string of the molecule is CCCC(C)C(C)(O)C1(C)CC1. The molecule has 0 aromatic carbocycles. The second kappa shape index (κ2) is 3.02. The summed E-state index contributed by atoms with van der Waals surface area (Å²) in [7, 11) is 0. The van der Waals surface area contributed by atoms with Gasteiger partial charge in [0.1, 0.15) is 0 Å². The first kappa shape index (κ1) is 10.0. The fraction of sp³-hybridized carbons (Fsp3) is 1.00. The van der Waals surface area contributed by atoms with Crippen LogP contribution in [0.1, 0.15) is 53.4 Å². The number of aliphatic hydroxyl groups is 1. The average molecular weight is 170 g/mol. The molecule has 12 heavy (non-hydrogen) atoms. The molecule has 0 saturated heterocycles. The van der Waals surface area contributed by atoms with Crippen molar-refractivity contribution in [1.29, 1.82) is 0 Å². The number of hydrogen-bond donors (Lipinski definition) is 1. The minimum atomic E-state index is -0.441. The lowest BCUT2D eigenvalue weighted by Gasteiger charge is -2.36. The van der Waals surface area contributed by atoms with Crippen LogP contribution in [-0.4, -0.2) is 10.7 Å². The summed E-state index contributed by atoms with van der Waals surface area (Å²) < 4.78 is 0. The Morgan fingerprint density at radius 2 is 2.00 bits per heavy atom. The van der Waals surface area contributed by atoms with Gasteiger partial charge in [0.25, 0.3) is 0 Å². The molecule has 0 radical (unpaired) electrons. The van der Waals surface area contributed by atoms with Gasteiger partial charge in [0.2, 0.25) is 0 Å². The molecule has 1 nitrogen and oxygen atoms in total. The lowest BCUT2D eigenvalue weighted by atomic mass is 9.76. The molecule has 0 amide bonds. The highest BCUT2D eigenvalue weighted by atomic mass is 16.3. The van der Waals surface area contributed by atoms with Crippen LogP contribution in [0.5, 0.6) is 0 Å². The summed E-state index contributed by atoms with van der Waals surface area (Å²) in [5.74, 6) is 0.440. The van der Waals surface area contributed by atoms with Gasteiger partial charge in [-0.3, -0.25) is 0 Å². The zero-order valence-corrected chi connectivity index (χ0v) is 8.85. The van der Waals surface area contributed by atoms with Gasteiger partial charge < -0.3 is 5.11 Å². The molecule has 1 fully saturated rings. The molecule has 0 bridgehead atoms. The lowest BCUT2D eigenvalue weighted by Crippen LogP contribution is -2.41. The summed E-state index contributed by atoms with van der Waals surface area (Å²) in [6, 6.07) is 0. The van der Waals surface area contributed by atoms with Crippen LogP contribution in [0.4, 0.5) is 0 Å². The second-order valence-electron chi connectivity index (χ2n) is 4.90. The van der Waals surface area contributed by atoms with Gasteiger partial charge in [-0.2, -0.15) is 0 Å². The van der Waals surface area contributed by atoms with Crippen LogP contribution >= 0.6 is 0 Å². The Bertz CT molecular complexity index is 156. The maximum absolute atomic E-state index is 10.3. The van der Waals surface area contributed by atoms with Gasteiger partial charge in [0.15, 0.2) is 0 Å². The fourth-order valence-corrected chi connectivity index (χ4v) is 2.00. The first-order chi connectivity index (χ1) is 5.44. The Morgan fingerprint density at radius 3 is 2.33 bits per heavy atom. The van der Waals surface area contributed by atoms with E-state index in [1.165, 1.54) is 19.3 Å². The minimum Gasteiger partial charge on any atom is -0.389 e. The monoisotopic (exact) mass is 170 g/mol. The molecule has 0 aromatic rings. The fourth-order valence-electron chi connectivity index (χ4n) is 2.00. The first-order valence-corrected chi connectivity index (χ1v) is 5.16. The van der Waals surface area contributed by atoms with E-state index in [4.69, 9.17) is 0 Å². The van der Waals surface area contributed by atoms with Gasteiger partial charge in [-0.15, -0.1) is 0 Å². The van der Waals surface area contributed by atoms with E-state index in [0.29, 0.717) is 5.92 Å². The van der Waals surface area contributed by atoms with E-state index in [1.807, 2.05) is 6.92 Å². The molecule has 1 N–H and O–H groups in total. The van der Waals surface area contributed by atoms with E-state index in [1.54, 1.807) is 0 Å². The Morgan fingerprint density at radius 1 is 1.50 bits per heavy atom. The molecule has 0 aromatic heterocycles. The third-order valence-corrected chi connectivity index (χ3v) is 3.90. The van der Waals surface area contributed by atoms with Crippen molar-refractivity contribution in [2.24, 2.45) is 11.3 Å². The van der Waals surface area contributed by atoms with Crippen molar-refractivity contribution in [1.82, 2.24) is 0 Å². The normalized spacial score (nSPS) is 27.8. The predicted octanol–water partition coefficient (Wildman–Crippen LogP) is 2.97. The molecule has 1 heteroatoms. The highest BCUT2D eigenvalue weighted by Crippen LogP contribution is 2.56. The van der Waals surface area contributed by atoms with Crippen molar-refractivity contribution in [3.63, 3.8) is 0 Å². The summed E-state index contributed by atoms with van der Waals surface area (Å²) in [5.41, 5.74) is -0.218. The molecule has 0 aliphatic heterocycles. The van der Waals surface area contributed by atoms with Crippen LogP contribution in [-0.2, 0) is 0 Å². The van der Waals surface area contributed by atoms with Gasteiger partial charge in [0, 0.05) is 0 Å². The van der Waals surface area contributed by atoms with Crippen molar-refractivity contribution >= 4 is 0 Å². The molecule has 2 atom stereocenters. The maximum atomic E-state index is 10.3. The molecule has 1 saturated carbocycles. The molecule has 1 aliphatic rings. The third kappa shape index (κ3) is 1.52. The third-order valence-electron chi connectivity index (χ3n) is 3.90. The molecule has 1 aliphatic carbocycles. The van der Waals surface area contributed by atoms with Crippen molar-refractivity contribution in [3.8, 4) is 0 Å². The van der Waals surface area contributed by atoms with E-state index in [0.717, 1.165) is 6.42 Å². The topological polar surface area (TPSA) is 20.2 Å². The molecular formula is C11H22O. The molecule has 0 heterocycles. The predicted molar refractivity (Wildman–Crippen MR) is 52.0 cm³/mol. The van der Waals surface area contributed by atoms with Crippen LogP contribution in [0.15, 0.2) is 0 Å². The quantitative estimate of drug-likeness (QED) is 0.687. The average Bonchev–Trinajstić information content (AvgIpc) is 2.70. The summed E-state index contributed by atoms with van der Waals surface area (Å²) >= 11 is 0. The van der Waals surface area contributed by atoms with Gasteiger partial charge in [-0.05, 0) is 37.5 Å². The molecule has 2 unspecified atom stereocenters. The van der Waals surface area contributed by atoms with Crippen LogP contribution in [0.2, 0.25) is 0 Å². The molecule has 72 valence electrons. The Labute approximate surface area is 76.2 Å². The Hall–Kier alpha value is -0.0400. The zero-order chi connectivity index (χ0) is 9.41. The Kier molecular flexibility index (Phi) is 2.53. The van der Waals surface area contributed by atoms with Crippen molar-refractivity contribution < 1.29 is 5.11 Å². The van der Waals surface area contributed by atoms with Gasteiger partial charge in [-0.25, -0.2) is 0 Å². The first-order valence-electron chi connectivity index (χ1n) is 5.16. The van der Waals surface area contributed by atoms with Crippen molar-refractivity contribution in [2.45, 2.75) is 59.0 Å². The summed E-state index contributed by atoms with van der Waals surface area (Å²) in [6.07, 6.45) is 4.72. The van der Waals surface area contributed by atoms with Crippen molar-refractivity contribution in [3.05, 3.63) is 0 Å². The maximum Gasteiger partial charge on any atom is 0.0698 e. The molecule has 1 rings (SSSR count). The van der Waals surface area contributed by atoms with Crippen LogP contribution in [0, 0.1) is 11.3 Å². The van der Waals surface area contributed by atoms with Crippen LogP contribution in [0.25, 0.3) is 0 Å². The van der Waals surface area contributed by atoms with Gasteiger partial charge in [-0.1, -0.05) is 27.2 Å². The lowest BCUT2D eigenvalue weighted by molar-refractivity contribution is -0.0571. The second-order valence-corrected chi connectivity index (χ2v) is 4.90. The number of rotatable bonds is 4. The van der Waals surface area contributed by atoms with E-state index < -0.39 is 5.60 Å². The molecule has 0 spiro atoms. The summed E-state index contributed by atoms with van der Waals surface area (Å²) in [4.78, 5) is 0. The smallest absolute Gasteiger partial charge is 0.0698 e. The summed E-state index contributed by atoms with van der Waals surface area (Å²) in [6.45, 7) is 8.58. The van der Waals surface area contributed by atoms with E-state index in [2.05, 4.69) is 20.8 Å². The van der Waals surface area contributed by atoms with E-state index in [-0.39, 0.29) is 5.41 Å². The largest absolute Gasteiger partial charge is 0.389 e. The molecular weight excluding hydrogens is 148 g/mol. The van der Waals surface area contributed by atoms with Crippen LogP contribution < -0.4 is 0 Å². The van der Waals surface area contributed by atoms with Crippen LogP contribution in [0.3, 0.4) is 0 Å². The Balaban J connectivity index is 2.57. The number of hydrogen-bond acceptors (Lipinski definition) is 1. The minimum absolute atomic E-state index is 0.224. The highest BCUT2D eigenvalue weighted by Gasteiger charge is 2.54. The van der Waals surface area contributed by atoms with E-state index >= 15 is 0 Å².